The number of halogens is 4. The highest BCUT2D eigenvalue weighted by molar-refractivity contribution is 6.49. The van der Waals surface area contributed by atoms with Crippen molar-refractivity contribution in [3.8, 4) is 0 Å². The summed E-state index contributed by atoms with van der Waals surface area (Å²) in [4.78, 5) is 11.1. The van der Waals surface area contributed by atoms with Crippen LogP contribution in [0.4, 0.5) is 0 Å². The molecule has 0 aliphatic rings. The molecule has 1 aromatic rings. The molecule has 0 heterocycles. The van der Waals surface area contributed by atoms with E-state index in [1.807, 2.05) is 0 Å². The number of carbonyl (C=O) groups excluding carboxylic acids is 1. The van der Waals surface area contributed by atoms with Gasteiger partial charge < -0.3 is 0 Å². The van der Waals surface area contributed by atoms with Gasteiger partial charge >= 0.3 is 0 Å². The van der Waals surface area contributed by atoms with Gasteiger partial charge in [-0.15, -0.1) is 23.2 Å². The smallest absolute Gasteiger partial charge is 0.149 e. The summed E-state index contributed by atoms with van der Waals surface area (Å²) in [5, 5.41) is 0.673. The first-order valence-electron chi connectivity index (χ1n) is 4.88. The zero-order valence-corrected chi connectivity index (χ0v) is 11.8. The van der Waals surface area contributed by atoms with Crippen molar-refractivity contribution in [3.63, 3.8) is 0 Å². The zero-order valence-electron chi connectivity index (χ0n) is 8.80. The molecule has 1 nitrogen and oxygen atoms in total. The number of hydrogen-bond donors (Lipinski definition) is 0. The fraction of sp³-hybridized carbons (Fsp3) is 0.250. The lowest BCUT2D eigenvalue weighted by molar-refractivity contribution is -0.116. The van der Waals surface area contributed by atoms with E-state index in [1.165, 1.54) is 0 Å². The van der Waals surface area contributed by atoms with E-state index < -0.39 is 5.38 Å². The molecule has 17 heavy (non-hydrogen) atoms. The minimum Gasteiger partial charge on any atom is -0.298 e. The molecule has 5 heteroatoms. The van der Waals surface area contributed by atoms with Crippen molar-refractivity contribution in [3.05, 3.63) is 40.9 Å². The number of alkyl halides is 2. The van der Waals surface area contributed by atoms with E-state index in [1.54, 1.807) is 30.3 Å². The fourth-order valence-corrected chi connectivity index (χ4v) is 2.07. The van der Waals surface area contributed by atoms with Crippen LogP contribution in [0.5, 0.6) is 0 Å². The maximum absolute atomic E-state index is 11.1. The van der Waals surface area contributed by atoms with Gasteiger partial charge in [0, 0.05) is 16.5 Å². The molecule has 0 spiro atoms. The van der Waals surface area contributed by atoms with Crippen LogP contribution in [0.2, 0.25) is 5.02 Å². The normalized spacial score (nSPS) is 13.5. The maximum atomic E-state index is 11.1. The van der Waals surface area contributed by atoms with Crippen molar-refractivity contribution in [2.75, 3.05) is 5.88 Å². The Labute approximate surface area is 120 Å². The van der Waals surface area contributed by atoms with Gasteiger partial charge in [0.1, 0.15) is 5.78 Å². The van der Waals surface area contributed by atoms with Gasteiger partial charge in [-0.3, -0.25) is 4.79 Å². The molecule has 0 aliphatic heterocycles. The van der Waals surface area contributed by atoms with Crippen LogP contribution in [0, 0.1) is 0 Å². The zero-order chi connectivity index (χ0) is 12.8. The Bertz CT molecular complexity index is 411. The number of Topliss-reactive ketones (excluding diaryl/α,β-unsaturated/α-hetero) is 1. The van der Waals surface area contributed by atoms with E-state index in [-0.39, 0.29) is 18.1 Å². The van der Waals surface area contributed by atoms with Crippen LogP contribution in [0.1, 0.15) is 12.0 Å². The van der Waals surface area contributed by atoms with E-state index in [0.29, 0.717) is 10.1 Å². The maximum Gasteiger partial charge on any atom is 0.149 e. The number of carbonyl (C=O) groups is 1. The predicted molar refractivity (Wildman–Crippen MR) is 75.3 cm³/mol. The molecule has 0 amide bonds. The molecular weight excluding hydrogens is 302 g/mol. The van der Waals surface area contributed by atoms with Crippen molar-refractivity contribution in [1.82, 2.24) is 0 Å². The lowest BCUT2D eigenvalue weighted by Gasteiger charge is -2.04. The Morgan fingerprint density at radius 1 is 1.29 bits per heavy atom. The summed E-state index contributed by atoms with van der Waals surface area (Å²) < 4.78 is 0. The van der Waals surface area contributed by atoms with Gasteiger partial charge in [0.15, 0.2) is 0 Å². The average Bonchev–Trinajstić information content (AvgIpc) is 2.29. The van der Waals surface area contributed by atoms with Gasteiger partial charge in [0.2, 0.25) is 0 Å². The highest BCUT2D eigenvalue weighted by atomic mass is 35.5. The standard InChI is InChI=1S/C12H10Cl4O/c13-7-11(17)5-10(15)6-12(16)8-1-3-9(14)4-2-8/h1-4,6,10H,5,7H2/b12-6+. The van der Waals surface area contributed by atoms with Gasteiger partial charge in [-0.1, -0.05) is 35.3 Å². The summed E-state index contributed by atoms with van der Waals surface area (Å²) in [6.07, 6.45) is 1.80. The summed E-state index contributed by atoms with van der Waals surface area (Å²) in [7, 11) is 0. The van der Waals surface area contributed by atoms with Crippen LogP contribution in [0.15, 0.2) is 30.3 Å². The second-order valence-electron chi connectivity index (χ2n) is 3.41. The van der Waals surface area contributed by atoms with E-state index in [4.69, 9.17) is 46.4 Å². The number of ketones is 1. The summed E-state index contributed by atoms with van der Waals surface area (Å²) in [5.74, 6) is -0.140. The Balaban J connectivity index is 2.71. The first-order valence-corrected chi connectivity index (χ1v) is 6.60. The molecule has 1 rings (SSSR count). The molecule has 0 saturated carbocycles. The third-order valence-corrected chi connectivity index (χ3v) is 3.19. The van der Waals surface area contributed by atoms with E-state index in [2.05, 4.69) is 0 Å². The molecular formula is C12H10Cl4O. The van der Waals surface area contributed by atoms with Crippen LogP contribution in [-0.4, -0.2) is 17.0 Å². The lowest BCUT2D eigenvalue weighted by Crippen LogP contribution is -2.07. The predicted octanol–water partition coefficient (Wildman–Crippen LogP) is 4.73. The third kappa shape index (κ3) is 5.31. The van der Waals surface area contributed by atoms with Gasteiger partial charge in [-0.2, -0.15) is 0 Å². The highest BCUT2D eigenvalue weighted by Gasteiger charge is 2.09. The minimum atomic E-state index is -0.454. The first-order chi connectivity index (χ1) is 8.02. The molecule has 0 saturated heterocycles. The van der Waals surface area contributed by atoms with Crippen LogP contribution in [0.25, 0.3) is 5.03 Å². The quantitative estimate of drug-likeness (QED) is 0.719. The van der Waals surface area contributed by atoms with Gasteiger partial charge in [-0.25, -0.2) is 0 Å². The largest absolute Gasteiger partial charge is 0.298 e. The van der Waals surface area contributed by atoms with Gasteiger partial charge in [0.25, 0.3) is 0 Å². The Kier molecular flexibility index (Phi) is 6.35. The lowest BCUT2D eigenvalue weighted by atomic mass is 10.1. The Morgan fingerprint density at radius 3 is 2.41 bits per heavy atom. The number of hydrogen-bond acceptors (Lipinski definition) is 1. The van der Waals surface area contributed by atoms with Crippen LogP contribution < -0.4 is 0 Å². The molecule has 0 fully saturated rings. The third-order valence-electron chi connectivity index (χ3n) is 2.02. The number of allylic oxidation sites excluding steroid dienone is 1. The van der Waals surface area contributed by atoms with Crippen LogP contribution in [-0.2, 0) is 4.79 Å². The molecule has 0 bridgehead atoms. The number of benzene rings is 1. The van der Waals surface area contributed by atoms with Crippen molar-refractivity contribution >= 4 is 57.2 Å². The van der Waals surface area contributed by atoms with E-state index in [9.17, 15) is 4.79 Å². The fourth-order valence-electron chi connectivity index (χ4n) is 1.20. The van der Waals surface area contributed by atoms with Crippen molar-refractivity contribution in [2.24, 2.45) is 0 Å². The van der Waals surface area contributed by atoms with Crippen molar-refractivity contribution < 1.29 is 4.79 Å². The minimum absolute atomic E-state index is 0.0321. The molecule has 1 atom stereocenters. The van der Waals surface area contributed by atoms with Crippen molar-refractivity contribution in [1.29, 1.82) is 0 Å². The second kappa shape index (κ2) is 7.27. The molecule has 1 aromatic carbocycles. The molecule has 0 aliphatic carbocycles. The average molecular weight is 312 g/mol. The summed E-state index contributed by atoms with van der Waals surface area (Å²) >= 11 is 23.2. The van der Waals surface area contributed by atoms with E-state index in [0.717, 1.165) is 5.56 Å². The second-order valence-corrected chi connectivity index (χ2v) is 5.09. The van der Waals surface area contributed by atoms with Gasteiger partial charge in [0.05, 0.1) is 11.3 Å². The topological polar surface area (TPSA) is 17.1 Å². The Morgan fingerprint density at radius 2 is 1.88 bits per heavy atom. The highest BCUT2D eigenvalue weighted by Crippen LogP contribution is 2.23. The Hall–Kier alpha value is -0.210. The molecule has 0 radical (unpaired) electrons. The van der Waals surface area contributed by atoms with Crippen LogP contribution >= 0.6 is 46.4 Å². The molecule has 92 valence electrons. The summed E-state index contributed by atoms with van der Waals surface area (Å²) in [6, 6.07) is 7.04. The van der Waals surface area contributed by atoms with Crippen LogP contribution in [0.3, 0.4) is 0 Å². The molecule has 0 N–H and O–H groups in total. The van der Waals surface area contributed by atoms with E-state index >= 15 is 0 Å². The monoisotopic (exact) mass is 310 g/mol. The van der Waals surface area contributed by atoms with Crippen molar-refractivity contribution in [2.45, 2.75) is 11.8 Å². The SMILES string of the molecule is O=C(CCl)CC(Cl)/C=C(/Cl)c1ccc(Cl)cc1. The molecule has 1 unspecified atom stereocenters. The summed E-state index contributed by atoms with van der Waals surface area (Å²) in [6.45, 7) is 0. The molecule has 0 aromatic heterocycles. The first kappa shape index (κ1) is 14.8. The van der Waals surface area contributed by atoms with Gasteiger partial charge in [-0.05, 0) is 23.8 Å². The summed E-state index contributed by atoms with van der Waals surface area (Å²) in [5.41, 5.74) is 0.806. The number of rotatable bonds is 5.